The van der Waals surface area contributed by atoms with Gasteiger partial charge in [-0.25, -0.2) is 13.1 Å². The number of carbonyl (C=O) groups is 1. The summed E-state index contributed by atoms with van der Waals surface area (Å²) in [6, 6.07) is 8.65. The fourth-order valence-electron chi connectivity index (χ4n) is 1.79. The second-order valence-corrected chi connectivity index (χ2v) is 7.89. The standard InChI is InChI=1S/C14H21NO4S/c1-10(13(16)17)20(18,19)15-12(14(2,3)4)11-8-6-5-7-9-11/h5-10,12,15H,1-4H3,(H,16,17). The van der Waals surface area contributed by atoms with Crippen LogP contribution in [0, 0.1) is 5.41 Å². The fourth-order valence-corrected chi connectivity index (χ4v) is 3.08. The number of nitrogens with one attached hydrogen (secondary N) is 1. The van der Waals surface area contributed by atoms with Gasteiger partial charge in [0.25, 0.3) is 0 Å². The Hall–Kier alpha value is -1.40. The highest BCUT2D eigenvalue weighted by Crippen LogP contribution is 2.33. The molecule has 1 aromatic carbocycles. The summed E-state index contributed by atoms with van der Waals surface area (Å²) in [5.41, 5.74) is 0.424. The molecule has 0 bridgehead atoms. The molecule has 0 aliphatic heterocycles. The van der Waals surface area contributed by atoms with Crippen molar-refractivity contribution in [3.8, 4) is 0 Å². The molecule has 0 heterocycles. The van der Waals surface area contributed by atoms with E-state index in [0.717, 1.165) is 12.5 Å². The van der Waals surface area contributed by atoms with Crippen molar-refractivity contribution in [2.75, 3.05) is 0 Å². The lowest BCUT2D eigenvalue weighted by Crippen LogP contribution is -2.43. The monoisotopic (exact) mass is 299 g/mol. The van der Waals surface area contributed by atoms with Crippen molar-refractivity contribution in [1.82, 2.24) is 4.72 Å². The molecule has 0 aromatic heterocycles. The lowest BCUT2D eigenvalue weighted by Gasteiger charge is -2.32. The van der Waals surface area contributed by atoms with E-state index in [9.17, 15) is 13.2 Å². The lowest BCUT2D eigenvalue weighted by molar-refractivity contribution is -0.136. The molecular formula is C14H21NO4S. The Labute approximate surface area is 120 Å². The third-order valence-corrected chi connectivity index (χ3v) is 4.79. The largest absolute Gasteiger partial charge is 0.480 e. The molecule has 0 amide bonds. The summed E-state index contributed by atoms with van der Waals surface area (Å²) in [4.78, 5) is 10.9. The van der Waals surface area contributed by atoms with Crippen molar-refractivity contribution in [2.24, 2.45) is 5.41 Å². The van der Waals surface area contributed by atoms with Crippen molar-refractivity contribution in [3.63, 3.8) is 0 Å². The summed E-state index contributed by atoms with van der Waals surface area (Å²) in [5, 5.41) is 7.39. The van der Waals surface area contributed by atoms with E-state index < -0.39 is 27.3 Å². The van der Waals surface area contributed by atoms with E-state index in [0.29, 0.717) is 0 Å². The number of hydrogen-bond donors (Lipinski definition) is 2. The minimum absolute atomic E-state index is 0.382. The SMILES string of the molecule is CC(C(=O)O)S(=O)(=O)NC(c1ccccc1)C(C)(C)C. The van der Waals surface area contributed by atoms with Crippen molar-refractivity contribution >= 4 is 16.0 Å². The van der Waals surface area contributed by atoms with Crippen LogP contribution in [0.4, 0.5) is 0 Å². The van der Waals surface area contributed by atoms with Gasteiger partial charge in [0, 0.05) is 0 Å². The van der Waals surface area contributed by atoms with Crippen LogP contribution in [0.1, 0.15) is 39.3 Å². The number of carboxylic acid groups (broad SMARTS) is 1. The summed E-state index contributed by atoms with van der Waals surface area (Å²) in [6.45, 7) is 6.87. The van der Waals surface area contributed by atoms with Crippen LogP contribution in [-0.4, -0.2) is 24.7 Å². The minimum Gasteiger partial charge on any atom is -0.480 e. The Morgan fingerprint density at radius 2 is 1.70 bits per heavy atom. The zero-order valence-electron chi connectivity index (χ0n) is 12.1. The molecule has 2 N–H and O–H groups in total. The number of aliphatic carboxylic acids is 1. The average molecular weight is 299 g/mol. The Morgan fingerprint density at radius 3 is 2.10 bits per heavy atom. The number of hydrogen-bond acceptors (Lipinski definition) is 3. The predicted molar refractivity (Wildman–Crippen MR) is 77.8 cm³/mol. The molecule has 2 atom stereocenters. The molecule has 0 saturated carbocycles. The summed E-state index contributed by atoms with van der Waals surface area (Å²) < 4.78 is 26.7. The molecule has 0 fully saturated rings. The van der Waals surface area contributed by atoms with Crippen LogP contribution in [0.3, 0.4) is 0 Å². The lowest BCUT2D eigenvalue weighted by atomic mass is 9.83. The van der Waals surface area contributed by atoms with Crippen LogP contribution in [0.25, 0.3) is 0 Å². The zero-order chi connectivity index (χ0) is 15.6. The molecule has 20 heavy (non-hydrogen) atoms. The second-order valence-electron chi connectivity index (χ2n) is 5.85. The van der Waals surface area contributed by atoms with Gasteiger partial charge in [0.05, 0.1) is 6.04 Å². The maximum Gasteiger partial charge on any atom is 0.323 e. The molecular weight excluding hydrogens is 278 g/mol. The minimum atomic E-state index is -3.94. The van der Waals surface area contributed by atoms with Gasteiger partial charge >= 0.3 is 5.97 Å². The van der Waals surface area contributed by atoms with Crippen molar-refractivity contribution in [1.29, 1.82) is 0 Å². The van der Waals surface area contributed by atoms with Crippen LogP contribution in [-0.2, 0) is 14.8 Å². The maximum absolute atomic E-state index is 12.1. The van der Waals surface area contributed by atoms with E-state index in [1.165, 1.54) is 0 Å². The normalized spacial score (nSPS) is 15.6. The summed E-state index contributed by atoms with van der Waals surface area (Å²) in [6.07, 6.45) is 0. The Bertz CT molecular complexity index is 561. The first-order valence-corrected chi connectivity index (χ1v) is 7.89. The van der Waals surface area contributed by atoms with Crippen molar-refractivity contribution < 1.29 is 18.3 Å². The highest BCUT2D eigenvalue weighted by Gasteiger charge is 2.35. The third-order valence-electron chi connectivity index (χ3n) is 3.09. The van der Waals surface area contributed by atoms with E-state index in [2.05, 4.69) is 4.72 Å². The number of sulfonamides is 1. The van der Waals surface area contributed by atoms with Gasteiger partial charge in [0.15, 0.2) is 5.25 Å². The average Bonchev–Trinajstić information content (AvgIpc) is 2.34. The first kappa shape index (κ1) is 16.7. The molecule has 0 saturated heterocycles. The Kier molecular flexibility index (Phi) is 4.94. The third kappa shape index (κ3) is 4.05. The molecule has 112 valence electrons. The van der Waals surface area contributed by atoms with Crippen LogP contribution >= 0.6 is 0 Å². The van der Waals surface area contributed by atoms with Crippen LogP contribution < -0.4 is 4.72 Å². The molecule has 0 spiro atoms. The maximum atomic E-state index is 12.1. The number of benzene rings is 1. The van der Waals surface area contributed by atoms with E-state index in [4.69, 9.17) is 5.11 Å². The smallest absolute Gasteiger partial charge is 0.323 e. The summed E-state index contributed by atoms with van der Waals surface area (Å²) >= 11 is 0. The van der Waals surface area contributed by atoms with Gasteiger partial charge in [-0.3, -0.25) is 4.79 Å². The molecule has 0 aliphatic carbocycles. The van der Waals surface area contributed by atoms with E-state index in [1.807, 2.05) is 51.1 Å². The molecule has 6 heteroatoms. The molecule has 1 aromatic rings. The van der Waals surface area contributed by atoms with Crippen LogP contribution in [0.2, 0.25) is 0 Å². The Morgan fingerprint density at radius 1 is 1.20 bits per heavy atom. The van der Waals surface area contributed by atoms with E-state index in [1.54, 1.807) is 0 Å². The first-order valence-electron chi connectivity index (χ1n) is 6.34. The number of rotatable bonds is 5. The highest BCUT2D eigenvalue weighted by atomic mass is 32.2. The second kappa shape index (κ2) is 5.93. The van der Waals surface area contributed by atoms with Gasteiger partial charge in [-0.2, -0.15) is 0 Å². The molecule has 0 radical (unpaired) electrons. The van der Waals surface area contributed by atoms with Crippen molar-refractivity contribution in [3.05, 3.63) is 35.9 Å². The molecule has 5 nitrogen and oxygen atoms in total. The number of carboxylic acids is 1. The zero-order valence-corrected chi connectivity index (χ0v) is 12.9. The van der Waals surface area contributed by atoms with Crippen molar-refractivity contribution in [2.45, 2.75) is 39.0 Å². The summed E-state index contributed by atoms with van der Waals surface area (Å²) in [5.74, 6) is -1.36. The summed E-state index contributed by atoms with van der Waals surface area (Å²) in [7, 11) is -3.94. The van der Waals surface area contributed by atoms with E-state index >= 15 is 0 Å². The Balaban J connectivity index is 3.14. The van der Waals surface area contributed by atoms with Gasteiger partial charge in [-0.15, -0.1) is 0 Å². The van der Waals surface area contributed by atoms with Gasteiger partial charge in [0.2, 0.25) is 10.0 Å². The van der Waals surface area contributed by atoms with Gasteiger partial charge in [0.1, 0.15) is 0 Å². The van der Waals surface area contributed by atoms with Gasteiger partial charge in [-0.1, -0.05) is 51.1 Å². The quantitative estimate of drug-likeness (QED) is 0.872. The van der Waals surface area contributed by atoms with Gasteiger partial charge in [-0.05, 0) is 17.9 Å². The highest BCUT2D eigenvalue weighted by molar-refractivity contribution is 7.90. The van der Waals surface area contributed by atoms with Crippen LogP contribution in [0.5, 0.6) is 0 Å². The topological polar surface area (TPSA) is 83.5 Å². The predicted octanol–water partition coefficient (Wildman–Crippen LogP) is 2.17. The fraction of sp³-hybridized carbons (Fsp3) is 0.500. The first-order chi connectivity index (χ1) is 9.05. The molecule has 2 unspecified atom stereocenters. The van der Waals surface area contributed by atoms with Crippen LogP contribution in [0.15, 0.2) is 30.3 Å². The van der Waals surface area contributed by atoms with E-state index in [-0.39, 0.29) is 5.41 Å². The molecule has 1 rings (SSSR count). The van der Waals surface area contributed by atoms with Gasteiger partial charge < -0.3 is 5.11 Å². The molecule has 0 aliphatic rings.